The lowest BCUT2D eigenvalue weighted by atomic mass is 9.67. The predicted octanol–water partition coefficient (Wildman–Crippen LogP) is 3.68. The van der Waals surface area contributed by atoms with E-state index in [1.165, 1.54) is 5.56 Å². The van der Waals surface area contributed by atoms with Gasteiger partial charge in [-0.15, -0.1) is 4.99 Å². The van der Waals surface area contributed by atoms with Gasteiger partial charge in [0.1, 0.15) is 5.75 Å². The third-order valence-corrected chi connectivity index (χ3v) is 6.67. The Balaban J connectivity index is 1.79. The standard InChI is InChI=1S/C26H33N5O2/c1-4-31(25(28-2)30-19-27)21-14-16-26(17-15-21,20-10-6-5-7-11-20)18-29-24(32)22-12-8-9-13-23(22)33-3/h5-13,21H,4,14-18H2,1-3H3,(H,28,30)(H,29,32). The first-order chi connectivity index (χ1) is 16.1. The Morgan fingerprint density at radius 3 is 2.45 bits per heavy atom. The molecule has 7 heteroatoms. The number of hydrogen-bond acceptors (Lipinski definition) is 4. The minimum absolute atomic E-state index is 0.126. The summed E-state index contributed by atoms with van der Waals surface area (Å²) in [4.78, 5) is 19.1. The number of benzene rings is 2. The summed E-state index contributed by atoms with van der Waals surface area (Å²) in [5.74, 6) is 1.06. The smallest absolute Gasteiger partial charge is 0.255 e. The van der Waals surface area contributed by atoms with E-state index in [0.29, 0.717) is 23.8 Å². The fourth-order valence-corrected chi connectivity index (χ4v) is 4.89. The molecule has 0 bridgehead atoms. The zero-order chi connectivity index (χ0) is 23.7. The molecule has 1 saturated carbocycles. The number of carbonyl (C=O) groups is 1. The Kier molecular flexibility index (Phi) is 8.31. The van der Waals surface area contributed by atoms with Crippen molar-refractivity contribution in [1.82, 2.24) is 15.5 Å². The third kappa shape index (κ3) is 5.46. The molecule has 0 radical (unpaired) electrons. The van der Waals surface area contributed by atoms with Crippen LogP contribution in [0.15, 0.2) is 59.6 Å². The van der Waals surface area contributed by atoms with Crippen molar-refractivity contribution in [2.75, 3.05) is 27.2 Å². The summed E-state index contributed by atoms with van der Waals surface area (Å²) in [5, 5.41) is 15.3. The van der Waals surface area contributed by atoms with Gasteiger partial charge in [0.25, 0.3) is 5.91 Å². The topological polar surface area (TPSA) is 89.8 Å². The molecule has 1 amide bonds. The lowest BCUT2D eigenvalue weighted by molar-refractivity contribution is 0.0926. The van der Waals surface area contributed by atoms with Crippen LogP contribution in [-0.4, -0.2) is 50.1 Å². The summed E-state index contributed by atoms with van der Waals surface area (Å²) in [7, 11) is 3.37. The summed E-state index contributed by atoms with van der Waals surface area (Å²) in [6, 6.07) is 18.0. The first kappa shape index (κ1) is 24.1. The molecule has 0 atom stereocenters. The van der Waals surface area contributed by atoms with Gasteiger partial charge >= 0.3 is 0 Å². The molecule has 33 heavy (non-hydrogen) atoms. The lowest BCUT2D eigenvalue weighted by Crippen LogP contribution is -2.51. The molecule has 2 N–H and O–H groups in total. The Labute approximate surface area is 196 Å². The maximum absolute atomic E-state index is 13.0. The molecular formula is C26H33N5O2. The number of nitrogens with zero attached hydrogens (tertiary/aromatic N) is 3. The van der Waals surface area contributed by atoms with E-state index in [1.54, 1.807) is 26.3 Å². The minimum Gasteiger partial charge on any atom is -0.496 e. The van der Waals surface area contributed by atoms with Gasteiger partial charge in [-0.1, -0.05) is 42.5 Å². The number of rotatable bonds is 7. The van der Waals surface area contributed by atoms with E-state index < -0.39 is 0 Å². The molecule has 0 heterocycles. The second kappa shape index (κ2) is 11.4. The van der Waals surface area contributed by atoms with Crippen molar-refractivity contribution < 1.29 is 9.53 Å². The molecule has 0 aromatic heterocycles. The Morgan fingerprint density at radius 1 is 1.18 bits per heavy atom. The summed E-state index contributed by atoms with van der Waals surface area (Å²) >= 11 is 0. The zero-order valence-corrected chi connectivity index (χ0v) is 19.7. The minimum atomic E-state index is -0.152. The largest absolute Gasteiger partial charge is 0.496 e. The van der Waals surface area contributed by atoms with Crippen LogP contribution in [0.25, 0.3) is 0 Å². The van der Waals surface area contributed by atoms with Crippen LogP contribution in [0, 0.1) is 11.5 Å². The molecule has 1 aliphatic rings. The number of amides is 1. The Bertz CT molecular complexity index is 991. The number of guanidine groups is 1. The van der Waals surface area contributed by atoms with E-state index in [4.69, 9.17) is 10.00 Å². The summed E-state index contributed by atoms with van der Waals surface area (Å²) in [6.07, 6.45) is 5.64. The molecular weight excluding hydrogens is 414 g/mol. The van der Waals surface area contributed by atoms with E-state index in [1.807, 2.05) is 24.4 Å². The van der Waals surface area contributed by atoms with Crippen molar-refractivity contribution in [3.8, 4) is 11.9 Å². The lowest BCUT2D eigenvalue weighted by Gasteiger charge is -2.44. The van der Waals surface area contributed by atoms with Gasteiger partial charge in [-0.3, -0.25) is 4.79 Å². The van der Waals surface area contributed by atoms with Crippen molar-refractivity contribution in [3.63, 3.8) is 0 Å². The number of nitrogens with one attached hydrogen (secondary N) is 2. The van der Waals surface area contributed by atoms with Crippen LogP contribution in [0.4, 0.5) is 0 Å². The first-order valence-corrected chi connectivity index (χ1v) is 11.5. The van der Waals surface area contributed by atoms with Crippen molar-refractivity contribution in [1.29, 1.82) is 5.26 Å². The van der Waals surface area contributed by atoms with E-state index in [2.05, 4.69) is 51.7 Å². The maximum atomic E-state index is 13.0. The van der Waals surface area contributed by atoms with Crippen LogP contribution in [0.1, 0.15) is 48.5 Å². The van der Waals surface area contributed by atoms with Crippen LogP contribution in [0.5, 0.6) is 5.75 Å². The van der Waals surface area contributed by atoms with Crippen molar-refractivity contribution in [2.45, 2.75) is 44.1 Å². The van der Waals surface area contributed by atoms with Gasteiger partial charge in [0.2, 0.25) is 12.2 Å². The fraction of sp³-hybridized carbons (Fsp3) is 0.423. The van der Waals surface area contributed by atoms with Crippen LogP contribution < -0.4 is 15.4 Å². The van der Waals surface area contributed by atoms with Crippen molar-refractivity contribution >= 4 is 11.9 Å². The van der Waals surface area contributed by atoms with E-state index >= 15 is 0 Å². The molecule has 174 valence electrons. The van der Waals surface area contributed by atoms with Crippen LogP contribution in [0.2, 0.25) is 0 Å². The number of para-hydroxylation sites is 1. The number of hydrogen-bond donors (Lipinski definition) is 2. The van der Waals surface area contributed by atoms with Crippen LogP contribution in [-0.2, 0) is 5.41 Å². The van der Waals surface area contributed by atoms with Gasteiger partial charge in [-0.2, -0.15) is 5.26 Å². The fourth-order valence-electron chi connectivity index (χ4n) is 4.89. The van der Waals surface area contributed by atoms with Crippen LogP contribution >= 0.6 is 0 Å². The Hall–Kier alpha value is -3.53. The normalized spacial score (nSPS) is 20.4. The van der Waals surface area contributed by atoms with Crippen molar-refractivity contribution in [2.24, 2.45) is 4.99 Å². The molecule has 2 aromatic carbocycles. The van der Waals surface area contributed by atoms with Crippen molar-refractivity contribution in [3.05, 3.63) is 65.7 Å². The van der Waals surface area contributed by atoms with E-state index in [0.717, 1.165) is 32.2 Å². The SMILES string of the molecule is CCN(/C(=N\C#N)NC)C1CCC(CNC(=O)c2ccccc2OC)(c2ccccc2)CC1. The predicted molar refractivity (Wildman–Crippen MR) is 130 cm³/mol. The highest BCUT2D eigenvalue weighted by molar-refractivity contribution is 5.97. The molecule has 2 aromatic rings. The molecule has 3 rings (SSSR count). The van der Waals surface area contributed by atoms with Gasteiger partial charge in [0.05, 0.1) is 12.7 Å². The van der Waals surface area contributed by atoms with Gasteiger partial charge in [-0.25, -0.2) is 0 Å². The monoisotopic (exact) mass is 447 g/mol. The first-order valence-electron chi connectivity index (χ1n) is 11.5. The van der Waals surface area contributed by atoms with Crippen LogP contribution in [0.3, 0.4) is 0 Å². The molecule has 0 unspecified atom stereocenters. The zero-order valence-electron chi connectivity index (χ0n) is 19.7. The van der Waals surface area contributed by atoms with Gasteiger partial charge in [0, 0.05) is 31.6 Å². The highest BCUT2D eigenvalue weighted by atomic mass is 16.5. The molecule has 0 spiro atoms. The highest BCUT2D eigenvalue weighted by Crippen LogP contribution is 2.40. The Morgan fingerprint density at radius 2 is 1.85 bits per heavy atom. The summed E-state index contributed by atoms with van der Waals surface area (Å²) in [5.41, 5.74) is 1.63. The van der Waals surface area contributed by atoms with Gasteiger partial charge in [0.15, 0.2) is 0 Å². The number of aliphatic imine (C=N–C) groups is 1. The molecule has 1 aliphatic carbocycles. The second-order valence-corrected chi connectivity index (χ2v) is 8.33. The number of methoxy groups -OCH3 is 1. The number of ether oxygens (including phenoxy) is 1. The average Bonchev–Trinajstić information content (AvgIpc) is 2.88. The highest BCUT2D eigenvalue weighted by Gasteiger charge is 2.39. The van der Waals surface area contributed by atoms with Gasteiger partial charge in [-0.05, 0) is 50.3 Å². The summed E-state index contributed by atoms with van der Waals surface area (Å²) < 4.78 is 5.37. The second-order valence-electron chi connectivity index (χ2n) is 8.33. The quantitative estimate of drug-likeness (QED) is 0.384. The summed E-state index contributed by atoms with van der Waals surface area (Å²) in [6.45, 7) is 3.41. The maximum Gasteiger partial charge on any atom is 0.255 e. The molecule has 1 fully saturated rings. The number of nitriles is 1. The average molecular weight is 448 g/mol. The number of carbonyl (C=O) groups excluding carboxylic acids is 1. The molecule has 0 aliphatic heterocycles. The van der Waals surface area contributed by atoms with E-state index in [9.17, 15) is 4.79 Å². The molecule has 0 saturated heterocycles. The van der Waals surface area contributed by atoms with E-state index in [-0.39, 0.29) is 17.4 Å². The third-order valence-electron chi connectivity index (χ3n) is 6.67. The van der Waals surface area contributed by atoms with Gasteiger partial charge < -0.3 is 20.3 Å². The molecule has 7 nitrogen and oxygen atoms in total.